The zero-order chi connectivity index (χ0) is 18.4. The van der Waals surface area contributed by atoms with E-state index in [4.69, 9.17) is 14.2 Å². The summed E-state index contributed by atoms with van der Waals surface area (Å²) in [5, 5.41) is 3.02. The Labute approximate surface area is 148 Å². The van der Waals surface area contributed by atoms with Gasteiger partial charge < -0.3 is 19.5 Å². The van der Waals surface area contributed by atoms with E-state index in [-0.39, 0.29) is 18.4 Å². The lowest BCUT2D eigenvalue weighted by Crippen LogP contribution is -2.28. The van der Waals surface area contributed by atoms with Crippen LogP contribution in [0.1, 0.15) is 29.7 Å². The summed E-state index contributed by atoms with van der Waals surface area (Å²) in [5.41, 5.74) is 2.94. The van der Waals surface area contributed by atoms with Crippen molar-refractivity contribution in [3.05, 3.63) is 53.1 Å². The topological polar surface area (TPSA) is 56.8 Å². The van der Waals surface area contributed by atoms with Crippen molar-refractivity contribution in [1.29, 1.82) is 0 Å². The molecule has 2 rings (SSSR count). The smallest absolute Gasteiger partial charge is 0.224 e. The molecular formula is C20H25NO4. The minimum Gasteiger partial charge on any atom is -0.496 e. The molecule has 1 amide bonds. The van der Waals surface area contributed by atoms with Gasteiger partial charge in [0, 0.05) is 5.56 Å². The van der Waals surface area contributed by atoms with Crippen LogP contribution >= 0.6 is 0 Å². The number of hydrogen-bond donors (Lipinski definition) is 1. The highest BCUT2D eigenvalue weighted by Crippen LogP contribution is 2.28. The summed E-state index contributed by atoms with van der Waals surface area (Å²) in [6, 6.07) is 11.3. The van der Waals surface area contributed by atoms with Crippen LogP contribution in [0.2, 0.25) is 0 Å². The maximum absolute atomic E-state index is 12.4. The molecule has 0 aliphatic carbocycles. The third kappa shape index (κ3) is 4.66. The summed E-state index contributed by atoms with van der Waals surface area (Å²) in [7, 11) is 4.79. The van der Waals surface area contributed by atoms with Gasteiger partial charge in [0.15, 0.2) is 11.5 Å². The van der Waals surface area contributed by atoms with E-state index in [0.29, 0.717) is 11.5 Å². The zero-order valence-electron chi connectivity index (χ0n) is 15.4. The number of carbonyl (C=O) groups excluding carboxylic acids is 1. The quantitative estimate of drug-likeness (QED) is 0.837. The van der Waals surface area contributed by atoms with Crippen LogP contribution in [-0.2, 0) is 11.2 Å². The second kappa shape index (κ2) is 8.42. The van der Waals surface area contributed by atoms with Crippen molar-refractivity contribution in [2.45, 2.75) is 26.3 Å². The molecule has 5 heteroatoms. The third-order valence-electron chi connectivity index (χ3n) is 4.04. The summed E-state index contributed by atoms with van der Waals surface area (Å²) in [4.78, 5) is 12.4. The number of rotatable bonds is 7. The van der Waals surface area contributed by atoms with Crippen molar-refractivity contribution in [1.82, 2.24) is 5.32 Å². The van der Waals surface area contributed by atoms with Crippen molar-refractivity contribution in [3.8, 4) is 17.2 Å². The zero-order valence-corrected chi connectivity index (χ0v) is 15.4. The SMILES string of the molecule is COc1ccc(CC(=O)NC(C)c2cc(C)ccc2OC)cc1OC. The molecule has 1 atom stereocenters. The Morgan fingerprint density at radius 1 is 0.960 bits per heavy atom. The molecule has 1 unspecified atom stereocenters. The number of nitrogens with one attached hydrogen (secondary N) is 1. The molecule has 0 saturated carbocycles. The van der Waals surface area contributed by atoms with E-state index in [0.717, 1.165) is 22.4 Å². The number of aryl methyl sites for hydroxylation is 1. The molecule has 0 aliphatic heterocycles. The van der Waals surface area contributed by atoms with Gasteiger partial charge in [-0.2, -0.15) is 0 Å². The van der Waals surface area contributed by atoms with E-state index < -0.39 is 0 Å². The van der Waals surface area contributed by atoms with Crippen LogP contribution in [0.25, 0.3) is 0 Å². The predicted molar refractivity (Wildman–Crippen MR) is 97.5 cm³/mol. The van der Waals surface area contributed by atoms with Crippen molar-refractivity contribution in [2.24, 2.45) is 0 Å². The second-order valence-corrected chi connectivity index (χ2v) is 5.90. The average Bonchev–Trinajstić information content (AvgIpc) is 2.61. The third-order valence-corrected chi connectivity index (χ3v) is 4.04. The summed E-state index contributed by atoms with van der Waals surface area (Å²) in [5.74, 6) is 1.96. The van der Waals surface area contributed by atoms with Crippen LogP contribution in [0.3, 0.4) is 0 Å². The van der Waals surface area contributed by atoms with Gasteiger partial charge in [0.1, 0.15) is 5.75 Å². The van der Waals surface area contributed by atoms with Crippen molar-refractivity contribution < 1.29 is 19.0 Å². The Kier molecular flexibility index (Phi) is 6.28. The molecule has 0 radical (unpaired) electrons. The molecule has 0 spiro atoms. The Balaban J connectivity index is 2.08. The monoisotopic (exact) mass is 343 g/mol. The Morgan fingerprint density at radius 3 is 2.24 bits per heavy atom. The van der Waals surface area contributed by atoms with Gasteiger partial charge in [-0.25, -0.2) is 0 Å². The maximum Gasteiger partial charge on any atom is 0.224 e. The van der Waals surface area contributed by atoms with Gasteiger partial charge >= 0.3 is 0 Å². The van der Waals surface area contributed by atoms with Crippen LogP contribution < -0.4 is 19.5 Å². The first-order chi connectivity index (χ1) is 12.0. The number of benzene rings is 2. The Morgan fingerprint density at radius 2 is 1.60 bits per heavy atom. The normalized spacial score (nSPS) is 11.6. The van der Waals surface area contributed by atoms with Gasteiger partial charge in [-0.1, -0.05) is 23.8 Å². The van der Waals surface area contributed by atoms with Gasteiger partial charge in [0.05, 0.1) is 33.8 Å². The van der Waals surface area contributed by atoms with Crippen molar-refractivity contribution >= 4 is 5.91 Å². The first-order valence-corrected chi connectivity index (χ1v) is 8.13. The predicted octanol–water partition coefficient (Wildman–Crippen LogP) is 3.44. The lowest BCUT2D eigenvalue weighted by molar-refractivity contribution is -0.121. The largest absolute Gasteiger partial charge is 0.496 e. The highest BCUT2D eigenvalue weighted by molar-refractivity contribution is 5.79. The molecule has 5 nitrogen and oxygen atoms in total. The summed E-state index contributed by atoms with van der Waals surface area (Å²) >= 11 is 0. The summed E-state index contributed by atoms with van der Waals surface area (Å²) in [6.07, 6.45) is 0.263. The minimum absolute atomic E-state index is 0.0664. The molecule has 0 heterocycles. The van der Waals surface area contributed by atoms with Crippen LogP contribution in [0.4, 0.5) is 0 Å². The summed E-state index contributed by atoms with van der Waals surface area (Å²) in [6.45, 7) is 3.96. The molecule has 25 heavy (non-hydrogen) atoms. The fourth-order valence-electron chi connectivity index (χ4n) is 2.74. The van der Waals surface area contributed by atoms with E-state index in [9.17, 15) is 4.79 Å². The van der Waals surface area contributed by atoms with Crippen LogP contribution in [0.5, 0.6) is 17.2 Å². The molecule has 0 bridgehead atoms. The molecular weight excluding hydrogens is 318 g/mol. The number of carbonyl (C=O) groups is 1. The Bertz CT molecular complexity index is 742. The molecule has 0 saturated heterocycles. The van der Waals surface area contributed by atoms with E-state index in [2.05, 4.69) is 5.32 Å². The molecule has 0 fully saturated rings. The Hall–Kier alpha value is -2.69. The van der Waals surface area contributed by atoms with Crippen LogP contribution in [0, 0.1) is 6.92 Å². The second-order valence-electron chi connectivity index (χ2n) is 5.90. The van der Waals surface area contributed by atoms with E-state index in [1.165, 1.54) is 0 Å². The molecule has 134 valence electrons. The van der Waals surface area contributed by atoms with E-state index in [1.54, 1.807) is 27.4 Å². The van der Waals surface area contributed by atoms with Crippen molar-refractivity contribution in [3.63, 3.8) is 0 Å². The van der Waals surface area contributed by atoms with Crippen molar-refractivity contribution in [2.75, 3.05) is 21.3 Å². The maximum atomic E-state index is 12.4. The first kappa shape index (κ1) is 18.6. The van der Waals surface area contributed by atoms with E-state index >= 15 is 0 Å². The number of ether oxygens (including phenoxy) is 3. The van der Waals surface area contributed by atoms with Gasteiger partial charge in [-0.05, 0) is 37.6 Å². The summed E-state index contributed by atoms with van der Waals surface area (Å²) < 4.78 is 15.9. The molecule has 0 aliphatic rings. The molecule has 0 aromatic heterocycles. The minimum atomic E-state index is -0.150. The standard InChI is InChI=1S/C20H25NO4/c1-13-6-8-17(23-3)16(10-13)14(2)21-20(22)12-15-7-9-18(24-4)19(11-15)25-5/h6-11,14H,12H2,1-5H3,(H,21,22). The van der Waals surface area contributed by atoms with Crippen LogP contribution in [0.15, 0.2) is 36.4 Å². The highest BCUT2D eigenvalue weighted by atomic mass is 16.5. The van der Waals surface area contributed by atoms with Gasteiger partial charge in [-0.15, -0.1) is 0 Å². The fraction of sp³-hybridized carbons (Fsp3) is 0.350. The highest BCUT2D eigenvalue weighted by Gasteiger charge is 2.15. The fourth-order valence-corrected chi connectivity index (χ4v) is 2.74. The molecule has 2 aromatic carbocycles. The van der Waals surface area contributed by atoms with Gasteiger partial charge in [0.2, 0.25) is 5.91 Å². The van der Waals surface area contributed by atoms with Crippen LogP contribution in [-0.4, -0.2) is 27.2 Å². The first-order valence-electron chi connectivity index (χ1n) is 8.13. The lowest BCUT2D eigenvalue weighted by atomic mass is 10.0. The van der Waals surface area contributed by atoms with Gasteiger partial charge in [-0.3, -0.25) is 4.79 Å². The van der Waals surface area contributed by atoms with Gasteiger partial charge in [0.25, 0.3) is 0 Å². The van der Waals surface area contributed by atoms with E-state index in [1.807, 2.05) is 44.2 Å². The number of hydrogen-bond acceptors (Lipinski definition) is 4. The average molecular weight is 343 g/mol. The number of amides is 1. The molecule has 2 aromatic rings. The number of methoxy groups -OCH3 is 3. The molecule has 1 N–H and O–H groups in total. The lowest BCUT2D eigenvalue weighted by Gasteiger charge is -2.18.